The van der Waals surface area contributed by atoms with Gasteiger partial charge in [-0.2, -0.15) is 59.8 Å². The second kappa shape index (κ2) is 104. The largest absolute Gasteiger partial charge is 1.00 e. The fraction of sp³-hybridized carbons (Fsp3) is 0.917. The Kier molecular flexibility index (Phi) is 223. The summed E-state index contributed by atoms with van der Waals surface area (Å²) in [5, 5.41) is 24.1. The van der Waals surface area contributed by atoms with Gasteiger partial charge in [0.25, 0.3) is 0 Å². The minimum Gasteiger partial charge on any atom is -0.917 e. The molecule has 0 aromatic carbocycles. The van der Waals surface area contributed by atoms with Crippen LogP contribution in [0, 0.1) is 0 Å². The fourth-order valence-electron chi connectivity index (χ4n) is 0.209. The molecule has 0 spiro atoms. The molecular formula is C12H34IN2Na3O7S5. The van der Waals surface area contributed by atoms with Crippen LogP contribution in [0.2, 0.25) is 0 Å². The van der Waals surface area contributed by atoms with E-state index in [4.69, 9.17) is 44.6 Å². The van der Waals surface area contributed by atoms with Gasteiger partial charge in [0.1, 0.15) is 0 Å². The smallest absolute Gasteiger partial charge is 0.917 e. The van der Waals surface area contributed by atoms with Crippen LogP contribution in [0.5, 0.6) is 0 Å². The first-order chi connectivity index (χ1) is 12.8. The average Bonchev–Trinajstić information content (AvgIpc) is 2.66. The fourth-order valence-corrected chi connectivity index (χ4v) is 0.627. The van der Waals surface area contributed by atoms with Crippen molar-refractivity contribution in [2.45, 2.75) is 0 Å². The summed E-state index contributed by atoms with van der Waals surface area (Å²) in [5.41, 5.74) is 10.1. The van der Waals surface area contributed by atoms with Gasteiger partial charge in [-0.3, -0.25) is 0 Å². The summed E-state index contributed by atoms with van der Waals surface area (Å²) in [6.45, 7) is 1.48. The maximum absolute atomic E-state index is 8.44. The van der Waals surface area contributed by atoms with Gasteiger partial charge in [0.05, 0.1) is 13.2 Å². The molecule has 6 N–H and O–H groups in total. The Balaban J connectivity index is -0.0000000194. The monoisotopic (exact) mass is 674 g/mol. The summed E-state index contributed by atoms with van der Waals surface area (Å²) in [4.78, 5) is 10.2. The predicted molar refractivity (Wildman–Crippen MR) is 132 cm³/mol. The minimum atomic E-state index is -3.11. The molecule has 0 aromatic rings. The van der Waals surface area contributed by atoms with E-state index in [0.29, 0.717) is 18.9 Å². The Labute approximate surface area is 284 Å². The van der Waals surface area contributed by atoms with Gasteiger partial charge in [0.15, 0.2) is 0 Å². The molecule has 0 rings (SSSR count). The first kappa shape index (κ1) is 64.4. The summed E-state index contributed by atoms with van der Waals surface area (Å²) in [6, 6.07) is 0. The standard InChI is InChI=1S/C3H9NS.C3H8OS.C2H7NS.C2H6OS.CH3I.CH2O2.3Na.O3S/c2*1-5-3-2-4;2*3-1-2-4;1-2;2-1-3;;;;1-4(2)3/h2-4H2,1H3;4H,2-3H2,1H3;4H,1-3H2;3-4H,1-2H2;1H3;1H,(H,2,3);;;;/q;;;;;;3*+1;-2/p-1. The summed E-state index contributed by atoms with van der Waals surface area (Å²) < 4.78 is 25.3. The van der Waals surface area contributed by atoms with Crippen LogP contribution in [-0.4, -0.2) is 88.0 Å². The Hall–Kier alpha value is 4.35. The maximum atomic E-state index is 8.44. The molecular weight excluding hydrogens is 640 g/mol. The van der Waals surface area contributed by atoms with Crippen molar-refractivity contribution in [3.63, 3.8) is 0 Å². The Morgan fingerprint density at radius 3 is 1.17 bits per heavy atom. The predicted octanol–water partition coefficient (Wildman–Crippen LogP) is -9.71. The quantitative estimate of drug-likeness (QED) is 0.0230. The molecule has 18 heteroatoms. The second-order valence-corrected chi connectivity index (χ2v) is 6.03. The number of carboxylic acid groups (broad SMARTS) is 1. The molecule has 0 radical (unpaired) electrons. The molecule has 0 aliphatic heterocycles. The summed E-state index contributed by atoms with van der Waals surface area (Å²) in [5.74, 6) is 3.31. The van der Waals surface area contributed by atoms with E-state index in [-0.39, 0.29) is 95.3 Å². The summed E-state index contributed by atoms with van der Waals surface area (Å²) in [7, 11) is -3.11. The number of hydrogen-bond donors (Lipinski definition) is 6. The second-order valence-electron chi connectivity index (χ2n) is 2.76. The van der Waals surface area contributed by atoms with Crippen LogP contribution in [0.15, 0.2) is 0 Å². The molecule has 0 aliphatic carbocycles. The summed E-state index contributed by atoms with van der Waals surface area (Å²) >= 11 is 13.0. The molecule has 0 saturated carbocycles. The first-order valence-corrected chi connectivity index (χ1v) is 14.0. The van der Waals surface area contributed by atoms with Crippen LogP contribution < -0.4 is 105 Å². The molecule has 30 heavy (non-hydrogen) atoms. The molecule has 0 unspecified atom stereocenters. The van der Waals surface area contributed by atoms with Gasteiger partial charge < -0.3 is 44.6 Å². The van der Waals surface area contributed by atoms with Crippen molar-refractivity contribution in [1.82, 2.24) is 0 Å². The van der Waals surface area contributed by atoms with Crippen molar-refractivity contribution in [2.24, 2.45) is 11.5 Å². The van der Waals surface area contributed by atoms with E-state index in [1.807, 2.05) is 17.4 Å². The Bertz CT molecular complexity index is 236. The third-order valence-electron chi connectivity index (χ3n) is 0.846. The van der Waals surface area contributed by atoms with Crippen LogP contribution in [0.25, 0.3) is 0 Å². The molecule has 0 aliphatic rings. The number of thiol groups is 2. The zero-order valence-corrected chi connectivity index (χ0v) is 31.2. The van der Waals surface area contributed by atoms with Crippen molar-refractivity contribution in [2.75, 3.05) is 66.8 Å². The first-order valence-electron chi connectivity index (χ1n) is 6.82. The average molecular weight is 675 g/mol. The van der Waals surface area contributed by atoms with Crippen LogP contribution in [0.4, 0.5) is 0 Å². The van der Waals surface area contributed by atoms with Gasteiger partial charge >= 0.3 is 88.7 Å². The van der Waals surface area contributed by atoms with E-state index in [1.165, 1.54) is 0 Å². The maximum Gasteiger partial charge on any atom is 1.00 e. The van der Waals surface area contributed by atoms with Crippen molar-refractivity contribution < 1.29 is 122 Å². The number of thioether (sulfide) groups is 2. The Morgan fingerprint density at radius 1 is 0.933 bits per heavy atom. The minimum absolute atomic E-state index is 0. The van der Waals surface area contributed by atoms with Gasteiger partial charge in [-0.15, -0.1) is 0 Å². The number of rotatable bonds is 6. The van der Waals surface area contributed by atoms with E-state index in [2.05, 4.69) is 47.8 Å². The third kappa shape index (κ3) is 297. The zero-order chi connectivity index (χ0) is 23.4. The normalized spacial score (nSPS) is 6.53. The molecule has 0 fully saturated rings. The molecule has 9 nitrogen and oxygen atoms in total. The number of aliphatic hydroxyl groups is 2. The molecule has 0 saturated heterocycles. The topological polar surface area (TPSA) is 190 Å². The Morgan fingerprint density at radius 2 is 1.17 bits per heavy atom. The van der Waals surface area contributed by atoms with Crippen LogP contribution >= 0.6 is 71.4 Å². The molecule has 0 atom stereocenters. The van der Waals surface area contributed by atoms with Crippen LogP contribution in [-0.2, 0) is 24.2 Å². The third-order valence-corrected chi connectivity index (χ3v) is 2.54. The van der Waals surface area contributed by atoms with E-state index >= 15 is 0 Å². The van der Waals surface area contributed by atoms with Crippen molar-refractivity contribution in [3.05, 3.63) is 0 Å². The number of halogens is 1. The molecule has 174 valence electrons. The molecule has 0 aromatic heterocycles. The van der Waals surface area contributed by atoms with Gasteiger partial charge in [0, 0.05) is 42.6 Å². The van der Waals surface area contributed by atoms with Crippen LogP contribution in [0.1, 0.15) is 0 Å². The van der Waals surface area contributed by atoms with Gasteiger partial charge in [-0.05, 0) is 17.4 Å². The van der Waals surface area contributed by atoms with E-state index in [0.717, 1.165) is 23.8 Å². The molecule has 0 heterocycles. The number of alkyl halides is 1. The number of aliphatic hydroxyl groups excluding tert-OH is 2. The van der Waals surface area contributed by atoms with Gasteiger partial charge in [-0.25, -0.2) is 0 Å². The van der Waals surface area contributed by atoms with Crippen molar-refractivity contribution in [3.8, 4) is 0 Å². The van der Waals surface area contributed by atoms with Gasteiger partial charge in [-0.1, -0.05) is 22.6 Å². The number of hydrogen-bond acceptors (Lipinski definition) is 14. The van der Waals surface area contributed by atoms with Gasteiger partial charge in [0.2, 0.25) is 0 Å². The number of carbonyl (C=O) groups is 1. The zero-order valence-electron chi connectivity index (χ0n) is 18.8. The number of nitrogens with two attached hydrogens (primary N) is 2. The van der Waals surface area contributed by atoms with E-state index in [9.17, 15) is 0 Å². The van der Waals surface area contributed by atoms with Crippen LogP contribution in [0.3, 0.4) is 0 Å². The van der Waals surface area contributed by atoms with Crippen molar-refractivity contribution in [1.29, 1.82) is 0 Å². The SMILES string of the molecule is CI.CSCCN.CSCCO.NCCS.O=C[O-].O=[S-](=O)[O-].OCCS.[Na+].[Na+].[Na+]. The number of carbonyl (C=O) groups excluding carboxylic acids is 1. The summed E-state index contributed by atoms with van der Waals surface area (Å²) in [6.07, 6.45) is 4.02. The van der Waals surface area contributed by atoms with Crippen molar-refractivity contribution >= 4 is 88.8 Å². The van der Waals surface area contributed by atoms with E-state index in [1.54, 1.807) is 23.5 Å². The molecule has 0 bridgehead atoms. The van der Waals surface area contributed by atoms with E-state index < -0.39 is 17.5 Å². The molecule has 0 amide bonds.